The van der Waals surface area contributed by atoms with Crippen molar-refractivity contribution < 1.29 is 27.1 Å². The van der Waals surface area contributed by atoms with E-state index in [4.69, 9.17) is 5.11 Å². The van der Waals surface area contributed by atoms with Gasteiger partial charge in [-0.3, -0.25) is 4.79 Å². The number of aliphatic carboxylic acids is 1. The van der Waals surface area contributed by atoms with Gasteiger partial charge in [0.05, 0.1) is 10.6 Å². The van der Waals surface area contributed by atoms with Crippen molar-refractivity contribution in [2.75, 3.05) is 11.9 Å². The van der Waals surface area contributed by atoms with Crippen molar-refractivity contribution in [3.05, 3.63) is 54.1 Å². The Morgan fingerprint density at radius 1 is 1.09 bits per heavy atom. The number of carboxylic acid groups (broad SMARTS) is 1. The average Bonchev–Trinajstić information content (AvgIpc) is 2.47. The molecule has 8 heteroatoms. The van der Waals surface area contributed by atoms with Gasteiger partial charge in [0.25, 0.3) is 0 Å². The first-order valence-corrected chi connectivity index (χ1v) is 7.56. The summed E-state index contributed by atoms with van der Waals surface area (Å²) in [6.45, 7) is -0.632. The Morgan fingerprint density at radius 2 is 1.73 bits per heavy atom. The highest BCUT2D eigenvalue weighted by molar-refractivity contribution is 7.91. The standard InChI is InChI=1S/C14H11F2NO4S/c15-10-6-7-11(17-8-12(18)19)13(16)14(10)22(20,21)9-4-2-1-3-5-9/h1-7,17H,8H2,(H,18,19). The minimum Gasteiger partial charge on any atom is -0.480 e. The summed E-state index contributed by atoms with van der Waals surface area (Å²) in [5.41, 5.74) is -0.404. The van der Waals surface area contributed by atoms with E-state index in [2.05, 4.69) is 5.32 Å². The molecule has 0 radical (unpaired) electrons. The van der Waals surface area contributed by atoms with Gasteiger partial charge >= 0.3 is 5.97 Å². The van der Waals surface area contributed by atoms with Crippen molar-refractivity contribution in [1.29, 1.82) is 0 Å². The van der Waals surface area contributed by atoms with Crippen LogP contribution in [-0.4, -0.2) is 26.0 Å². The number of hydrogen-bond donors (Lipinski definition) is 2. The molecule has 5 nitrogen and oxygen atoms in total. The molecule has 0 aliphatic carbocycles. The fourth-order valence-corrected chi connectivity index (χ4v) is 3.23. The molecule has 116 valence electrons. The molecule has 2 aromatic carbocycles. The second-order valence-electron chi connectivity index (χ2n) is 4.30. The first-order chi connectivity index (χ1) is 10.3. The number of carboxylic acids is 1. The highest BCUT2D eigenvalue weighted by Gasteiger charge is 2.28. The van der Waals surface area contributed by atoms with Crippen molar-refractivity contribution in [3.8, 4) is 0 Å². The van der Waals surface area contributed by atoms with Crippen LogP contribution < -0.4 is 5.32 Å². The summed E-state index contributed by atoms with van der Waals surface area (Å²) in [6.07, 6.45) is 0. The van der Waals surface area contributed by atoms with E-state index in [9.17, 15) is 22.0 Å². The highest BCUT2D eigenvalue weighted by atomic mass is 32.2. The number of sulfone groups is 1. The van der Waals surface area contributed by atoms with E-state index in [1.165, 1.54) is 24.3 Å². The van der Waals surface area contributed by atoms with Crippen molar-refractivity contribution in [2.45, 2.75) is 9.79 Å². The largest absolute Gasteiger partial charge is 0.480 e. The van der Waals surface area contributed by atoms with E-state index in [-0.39, 0.29) is 4.90 Å². The normalized spacial score (nSPS) is 11.2. The lowest BCUT2D eigenvalue weighted by Crippen LogP contribution is -2.15. The smallest absolute Gasteiger partial charge is 0.322 e. The van der Waals surface area contributed by atoms with Crippen LogP contribution in [0, 0.1) is 11.6 Å². The molecule has 0 spiro atoms. The molecule has 0 fully saturated rings. The second-order valence-corrected chi connectivity index (χ2v) is 6.19. The zero-order valence-electron chi connectivity index (χ0n) is 11.1. The molecule has 2 rings (SSSR count). The molecule has 0 saturated heterocycles. The van der Waals surface area contributed by atoms with Crippen molar-refractivity contribution in [1.82, 2.24) is 0 Å². The number of rotatable bonds is 5. The molecular formula is C14H11F2NO4S. The molecule has 0 aliphatic heterocycles. The van der Waals surface area contributed by atoms with Crippen LogP contribution in [0.5, 0.6) is 0 Å². The van der Waals surface area contributed by atoms with Crippen LogP contribution in [0.1, 0.15) is 0 Å². The molecule has 0 heterocycles. The topological polar surface area (TPSA) is 83.5 Å². The van der Waals surface area contributed by atoms with Crippen LogP contribution in [0.15, 0.2) is 52.3 Å². The predicted octanol–water partition coefficient (Wildman–Crippen LogP) is 2.29. The van der Waals surface area contributed by atoms with E-state index >= 15 is 0 Å². The number of benzene rings is 2. The Kier molecular flexibility index (Phi) is 4.41. The Labute approximate surface area is 125 Å². The fraction of sp³-hybridized carbons (Fsp3) is 0.0714. The molecule has 0 aliphatic rings. The molecule has 0 atom stereocenters. The van der Waals surface area contributed by atoms with Gasteiger partial charge in [-0.25, -0.2) is 17.2 Å². The number of nitrogens with one attached hydrogen (secondary N) is 1. The molecule has 0 bridgehead atoms. The number of hydrogen-bond acceptors (Lipinski definition) is 4. The maximum Gasteiger partial charge on any atom is 0.322 e. The minimum absolute atomic E-state index is 0.261. The van der Waals surface area contributed by atoms with Gasteiger partial charge in [-0.05, 0) is 24.3 Å². The maximum atomic E-state index is 14.3. The second kappa shape index (κ2) is 6.10. The summed E-state index contributed by atoms with van der Waals surface area (Å²) >= 11 is 0. The Bertz CT molecular complexity index is 807. The zero-order valence-corrected chi connectivity index (χ0v) is 11.9. The molecule has 2 aromatic rings. The van der Waals surface area contributed by atoms with Gasteiger partial charge < -0.3 is 10.4 Å². The van der Waals surface area contributed by atoms with E-state index in [0.717, 1.165) is 12.1 Å². The van der Waals surface area contributed by atoms with E-state index in [1.807, 2.05) is 0 Å². The van der Waals surface area contributed by atoms with Gasteiger partial charge in [-0.2, -0.15) is 0 Å². The highest BCUT2D eigenvalue weighted by Crippen LogP contribution is 2.29. The van der Waals surface area contributed by atoms with E-state index in [0.29, 0.717) is 0 Å². The molecule has 0 unspecified atom stereocenters. The summed E-state index contributed by atoms with van der Waals surface area (Å²) in [5.74, 6) is -3.87. The first-order valence-electron chi connectivity index (χ1n) is 6.08. The van der Waals surface area contributed by atoms with Crippen LogP contribution in [0.3, 0.4) is 0 Å². The lowest BCUT2D eigenvalue weighted by molar-refractivity contribution is -0.134. The zero-order chi connectivity index (χ0) is 16.3. The van der Waals surface area contributed by atoms with Gasteiger partial charge in [-0.1, -0.05) is 18.2 Å². The minimum atomic E-state index is -4.40. The monoisotopic (exact) mass is 327 g/mol. The Balaban J connectivity index is 2.55. The number of halogens is 2. The molecular weight excluding hydrogens is 316 g/mol. The van der Waals surface area contributed by atoms with Gasteiger partial charge in [0, 0.05) is 0 Å². The molecule has 22 heavy (non-hydrogen) atoms. The molecule has 0 amide bonds. The SMILES string of the molecule is O=C(O)CNc1ccc(F)c(S(=O)(=O)c2ccccc2)c1F. The van der Waals surface area contributed by atoms with Crippen LogP contribution >= 0.6 is 0 Å². The van der Waals surface area contributed by atoms with Gasteiger partial charge in [0.1, 0.15) is 17.3 Å². The number of carbonyl (C=O) groups is 1. The van der Waals surface area contributed by atoms with E-state index in [1.54, 1.807) is 6.07 Å². The Morgan fingerprint density at radius 3 is 2.32 bits per heavy atom. The fourth-order valence-electron chi connectivity index (χ4n) is 1.80. The van der Waals surface area contributed by atoms with Crippen LogP contribution in [0.2, 0.25) is 0 Å². The summed E-state index contributed by atoms with van der Waals surface area (Å²) in [4.78, 5) is 9.10. The number of anilines is 1. The predicted molar refractivity (Wildman–Crippen MR) is 74.4 cm³/mol. The molecule has 0 saturated carbocycles. The third kappa shape index (κ3) is 3.06. The van der Waals surface area contributed by atoms with Crippen molar-refractivity contribution >= 4 is 21.5 Å². The third-order valence-electron chi connectivity index (χ3n) is 2.80. The summed E-state index contributed by atoms with van der Waals surface area (Å²) in [5, 5.41) is 10.7. The molecule has 0 aromatic heterocycles. The first kappa shape index (κ1) is 15.9. The van der Waals surface area contributed by atoms with Gasteiger partial charge in [-0.15, -0.1) is 0 Å². The van der Waals surface area contributed by atoms with Crippen LogP contribution in [0.4, 0.5) is 14.5 Å². The lowest BCUT2D eigenvalue weighted by Gasteiger charge is -2.11. The van der Waals surface area contributed by atoms with Crippen molar-refractivity contribution in [3.63, 3.8) is 0 Å². The molecule has 2 N–H and O–H groups in total. The van der Waals surface area contributed by atoms with Crippen LogP contribution in [0.25, 0.3) is 0 Å². The van der Waals surface area contributed by atoms with Crippen LogP contribution in [-0.2, 0) is 14.6 Å². The maximum absolute atomic E-state index is 14.3. The van der Waals surface area contributed by atoms with Gasteiger partial charge in [0.2, 0.25) is 9.84 Å². The Hall–Kier alpha value is -2.48. The van der Waals surface area contributed by atoms with Crippen molar-refractivity contribution in [2.24, 2.45) is 0 Å². The summed E-state index contributed by atoms with van der Waals surface area (Å²) in [6, 6.07) is 8.55. The lowest BCUT2D eigenvalue weighted by atomic mass is 10.3. The summed E-state index contributed by atoms with van der Waals surface area (Å²) in [7, 11) is -4.40. The third-order valence-corrected chi connectivity index (χ3v) is 4.61. The average molecular weight is 327 g/mol. The summed E-state index contributed by atoms with van der Waals surface area (Å²) < 4.78 is 52.8. The van der Waals surface area contributed by atoms with E-state index < -0.39 is 44.6 Å². The van der Waals surface area contributed by atoms with Gasteiger partial charge in [0.15, 0.2) is 5.82 Å². The quantitative estimate of drug-likeness (QED) is 0.880.